The molecule has 0 saturated carbocycles. The molecule has 3 aromatic rings. The topological polar surface area (TPSA) is 78.5 Å². The van der Waals surface area contributed by atoms with Crippen LogP contribution in [0.4, 0.5) is 0 Å². The summed E-state index contributed by atoms with van der Waals surface area (Å²) in [5.41, 5.74) is 1.34. The van der Waals surface area contributed by atoms with Crippen molar-refractivity contribution in [1.29, 1.82) is 0 Å². The zero-order valence-electron chi connectivity index (χ0n) is 11.3. The van der Waals surface area contributed by atoms with E-state index in [0.717, 1.165) is 0 Å². The van der Waals surface area contributed by atoms with Crippen LogP contribution in [-0.4, -0.2) is 32.2 Å². The fraction of sp³-hybridized carbons (Fsp3) is 0.143. The Balaban J connectivity index is 1.90. The summed E-state index contributed by atoms with van der Waals surface area (Å²) in [5.74, 6) is -0.445. The summed E-state index contributed by atoms with van der Waals surface area (Å²) in [4.78, 5) is 27.6. The third-order valence-corrected chi connectivity index (χ3v) is 3.05. The van der Waals surface area contributed by atoms with E-state index in [1.54, 1.807) is 30.5 Å². The maximum Gasteiger partial charge on any atom is 0.350 e. The average molecular weight is 284 g/mol. The molecule has 0 fully saturated rings. The molecular weight excluding hydrogens is 272 g/mol. The molecule has 0 aliphatic carbocycles. The third kappa shape index (κ3) is 2.40. The monoisotopic (exact) mass is 284 g/mol. The molecule has 0 saturated heterocycles. The lowest BCUT2D eigenvalue weighted by molar-refractivity contribution is 0.0600. The van der Waals surface area contributed by atoms with Gasteiger partial charge in [0.15, 0.2) is 5.65 Å². The molecule has 0 amide bonds. The Kier molecular flexibility index (Phi) is 3.23. The Hall–Kier alpha value is -2.96. The quantitative estimate of drug-likeness (QED) is 0.662. The van der Waals surface area contributed by atoms with E-state index in [1.165, 1.54) is 22.4 Å². The standard InChI is InChI=1S/C14H12N4O3/c1-21-13(19)10-5-6-11(15-8-10)9-18-14(20)17-7-3-2-4-12(17)16-18/h2-8H,9H2,1H3. The van der Waals surface area contributed by atoms with Gasteiger partial charge in [-0.1, -0.05) is 6.07 Å². The molecular formula is C14H12N4O3. The number of pyridine rings is 2. The second-order valence-corrected chi connectivity index (χ2v) is 4.40. The van der Waals surface area contributed by atoms with Crippen molar-refractivity contribution in [3.8, 4) is 0 Å². The molecule has 7 heteroatoms. The Morgan fingerprint density at radius 1 is 1.29 bits per heavy atom. The lowest BCUT2D eigenvalue weighted by Gasteiger charge is -2.01. The Bertz CT molecular complexity index is 849. The first-order valence-corrected chi connectivity index (χ1v) is 6.26. The van der Waals surface area contributed by atoms with Crippen LogP contribution in [0.1, 0.15) is 16.1 Å². The summed E-state index contributed by atoms with van der Waals surface area (Å²) in [6, 6.07) is 8.61. The largest absolute Gasteiger partial charge is 0.465 e. The van der Waals surface area contributed by atoms with Crippen molar-refractivity contribution in [2.24, 2.45) is 0 Å². The average Bonchev–Trinajstić information content (AvgIpc) is 2.84. The summed E-state index contributed by atoms with van der Waals surface area (Å²) in [7, 11) is 1.31. The van der Waals surface area contributed by atoms with Crippen molar-refractivity contribution in [2.75, 3.05) is 7.11 Å². The van der Waals surface area contributed by atoms with E-state index in [1.807, 2.05) is 6.07 Å². The lowest BCUT2D eigenvalue weighted by Crippen LogP contribution is -2.22. The molecule has 0 N–H and O–H groups in total. The summed E-state index contributed by atoms with van der Waals surface area (Å²) in [6.45, 7) is 0.238. The van der Waals surface area contributed by atoms with Gasteiger partial charge in [0.05, 0.1) is 24.9 Å². The predicted octanol–water partition coefficient (Wildman–Crippen LogP) is 0.726. The SMILES string of the molecule is COC(=O)c1ccc(Cn2nc3ccccn3c2=O)nc1. The van der Waals surface area contributed by atoms with Gasteiger partial charge in [-0.05, 0) is 24.3 Å². The van der Waals surface area contributed by atoms with E-state index in [4.69, 9.17) is 0 Å². The smallest absolute Gasteiger partial charge is 0.350 e. The number of ether oxygens (including phenoxy) is 1. The van der Waals surface area contributed by atoms with Crippen LogP contribution in [0.15, 0.2) is 47.5 Å². The molecule has 0 bridgehead atoms. The van der Waals surface area contributed by atoms with E-state index in [2.05, 4.69) is 14.8 Å². The van der Waals surface area contributed by atoms with Crippen molar-refractivity contribution in [3.05, 3.63) is 64.5 Å². The fourth-order valence-corrected chi connectivity index (χ4v) is 1.98. The summed E-state index contributed by atoms with van der Waals surface area (Å²) >= 11 is 0. The van der Waals surface area contributed by atoms with Crippen molar-refractivity contribution < 1.29 is 9.53 Å². The molecule has 3 heterocycles. The Morgan fingerprint density at radius 3 is 2.81 bits per heavy atom. The van der Waals surface area contributed by atoms with Gasteiger partial charge in [0.25, 0.3) is 0 Å². The van der Waals surface area contributed by atoms with E-state index in [0.29, 0.717) is 16.9 Å². The minimum Gasteiger partial charge on any atom is -0.465 e. The van der Waals surface area contributed by atoms with Gasteiger partial charge in [0, 0.05) is 12.4 Å². The molecule has 0 radical (unpaired) electrons. The van der Waals surface area contributed by atoms with E-state index >= 15 is 0 Å². The molecule has 0 atom stereocenters. The normalized spacial score (nSPS) is 10.7. The maximum atomic E-state index is 12.1. The number of esters is 1. The molecule has 3 aromatic heterocycles. The van der Waals surface area contributed by atoms with Crippen LogP contribution in [0.3, 0.4) is 0 Å². The van der Waals surface area contributed by atoms with Gasteiger partial charge < -0.3 is 4.74 Å². The van der Waals surface area contributed by atoms with Crippen LogP contribution in [0.5, 0.6) is 0 Å². The molecule has 7 nitrogen and oxygen atoms in total. The van der Waals surface area contributed by atoms with Gasteiger partial charge >= 0.3 is 11.7 Å². The minimum absolute atomic E-state index is 0.232. The van der Waals surface area contributed by atoms with E-state index < -0.39 is 5.97 Å². The fourth-order valence-electron chi connectivity index (χ4n) is 1.98. The zero-order valence-corrected chi connectivity index (χ0v) is 11.3. The van der Waals surface area contributed by atoms with Crippen molar-refractivity contribution in [1.82, 2.24) is 19.2 Å². The highest BCUT2D eigenvalue weighted by molar-refractivity contribution is 5.88. The van der Waals surface area contributed by atoms with Gasteiger partial charge in [0.2, 0.25) is 0 Å². The first-order chi connectivity index (χ1) is 10.2. The summed E-state index contributed by atoms with van der Waals surface area (Å²) in [6.07, 6.45) is 3.08. The minimum atomic E-state index is -0.445. The Morgan fingerprint density at radius 2 is 2.14 bits per heavy atom. The molecule has 0 aliphatic heterocycles. The molecule has 21 heavy (non-hydrogen) atoms. The third-order valence-electron chi connectivity index (χ3n) is 3.05. The molecule has 0 aliphatic rings. The van der Waals surface area contributed by atoms with Gasteiger partial charge in [-0.15, -0.1) is 5.10 Å². The van der Waals surface area contributed by atoms with Crippen molar-refractivity contribution in [3.63, 3.8) is 0 Å². The summed E-state index contributed by atoms with van der Waals surface area (Å²) in [5, 5.41) is 4.22. The molecule has 0 spiro atoms. The second-order valence-electron chi connectivity index (χ2n) is 4.40. The van der Waals surface area contributed by atoms with Crippen LogP contribution in [-0.2, 0) is 11.3 Å². The first-order valence-electron chi connectivity index (χ1n) is 6.26. The van der Waals surface area contributed by atoms with Crippen LogP contribution in [0.25, 0.3) is 5.65 Å². The van der Waals surface area contributed by atoms with Crippen LogP contribution in [0, 0.1) is 0 Å². The van der Waals surface area contributed by atoms with E-state index in [9.17, 15) is 9.59 Å². The van der Waals surface area contributed by atoms with Gasteiger partial charge in [-0.2, -0.15) is 0 Å². The number of carbonyl (C=O) groups is 1. The molecule has 106 valence electrons. The van der Waals surface area contributed by atoms with Crippen molar-refractivity contribution in [2.45, 2.75) is 6.54 Å². The van der Waals surface area contributed by atoms with E-state index in [-0.39, 0.29) is 12.2 Å². The first kappa shape index (κ1) is 13.0. The summed E-state index contributed by atoms with van der Waals surface area (Å²) < 4.78 is 7.39. The van der Waals surface area contributed by atoms with Gasteiger partial charge in [-0.25, -0.2) is 14.3 Å². The lowest BCUT2D eigenvalue weighted by atomic mass is 10.2. The molecule has 0 unspecified atom stereocenters. The number of hydrogen-bond donors (Lipinski definition) is 0. The number of nitrogens with zero attached hydrogens (tertiary/aromatic N) is 4. The van der Waals surface area contributed by atoms with Gasteiger partial charge in [-0.3, -0.25) is 9.38 Å². The molecule has 0 aromatic carbocycles. The zero-order chi connectivity index (χ0) is 14.8. The number of fused-ring (bicyclic) bond motifs is 1. The van der Waals surface area contributed by atoms with Crippen LogP contribution < -0.4 is 5.69 Å². The van der Waals surface area contributed by atoms with Gasteiger partial charge in [0.1, 0.15) is 0 Å². The highest BCUT2D eigenvalue weighted by atomic mass is 16.5. The maximum absolute atomic E-state index is 12.1. The highest BCUT2D eigenvalue weighted by Gasteiger charge is 2.09. The number of hydrogen-bond acceptors (Lipinski definition) is 5. The number of aromatic nitrogens is 4. The highest BCUT2D eigenvalue weighted by Crippen LogP contribution is 2.03. The van der Waals surface area contributed by atoms with Crippen LogP contribution in [0.2, 0.25) is 0 Å². The predicted molar refractivity (Wildman–Crippen MR) is 74.1 cm³/mol. The number of carbonyl (C=O) groups excluding carboxylic acids is 1. The number of rotatable bonds is 3. The van der Waals surface area contributed by atoms with Crippen LogP contribution >= 0.6 is 0 Å². The van der Waals surface area contributed by atoms with Crippen molar-refractivity contribution >= 4 is 11.6 Å². The number of methoxy groups -OCH3 is 1. The molecule has 3 rings (SSSR count). The Labute approximate surface area is 119 Å². The second kappa shape index (κ2) is 5.20.